The molecule has 0 spiro atoms. The monoisotopic (exact) mass is 241 g/mol. The van der Waals surface area contributed by atoms with Crippen LogP contribution in [0.25, 0.3) is 0 Å². The van der Waals surface area contributed by atoms with Crippen molar-refractivity contribution in [1.82, 2.24) is 5.32 Å². The third kappa shape index (κ3) is 4.22. The van der Waals surface area contributed by atoms with Crippen molar-refractivity contribution in [2.75, 3.05) is 13.2 Å². The number of benzene rings is 1. The summed E-state index contributed by atoms with van der Waals surface area (Å²) in [5.74, 6) is -0.0230. The van der Waals surface area contributed by atoms with Crippen molar-refractivity contribution in [2.45, 2.75) is 25.5 Å². The molecule has 0 radical (unpaired) electrons. The number of aromatic hydroxyl groups is 2. The molecule has 1 aromatic rings. The van der Waals surface area contributed by atoms with Crippen LogP contribution in [0.4, 0.5) is 0 Å². The summed E-state index contributed by atoms with van der Waals surface area (Å²) < 4.78 is 0. The Hall–Kier alpha value is -1.30. The highest BCUT2D eigenvalue weighted by molar-refractivity contribution is 5.37. The first-order valence-electron chi connectivity index (χ1n) is 5.43. The maximum absolute atomic E-state index is 9.62. The number of aliphatic hydroxyl groups is 2. The highest BCUT2D eigenvalue weighted by Crippen LogP contribution is 2.24. The lowest BCUT2D eigenvalue weighted by Gasteiger charge is -2.24. The van der Waals surface area contributed by atoms with Gasteiger partial charge in [0.1, 0.15) is 11.5 Å². The molecular weight excluding hydrogens is 222 g/mol. The summed E-state index contributed by atoms with van der Waals surface area (Å²) in [6, 6.07) is 4.15. The van der Waals surface area contributed by atoms with Crippen molar-refractivity contribution in [3.8, 4) is 11.5 Å². The minimum atomic E-state index is -1.19. The van der Waals surface area contributed by atoms with Crippen molar-refractivity contribution in [3.05, 3.63) is 23.8 Å². The van der Waals surface area contributed by atoms with E-state index in [0.29, 0.717) is 5.56 Å². The van der Waals surface area contributed by atoms with Gasteiger partial charge in [0.05, 0.1) is 12.2 Å². The minimum Gasteiger partial charge on any atom is -0.508 e. The third-order valence-corrected chi connectivity index (χ3v) is 2.55. The van der Waals surface area contributed by atoms with E-state index in [4.69, 9.17) is 5.11 Å². The van der Waals surface area contributed by atoms with Crippen molar-refractivity contribution in [2.24, 2.45) is 0 Å². The molecule has 0 amide bonds. The van der Waals surface area contributed by atoms with Crippen LogP contribution in [0.3, 0.4) is 0 Å². The molecule has 5 nitrogen and oxygen atoms in total. The average molecular weight is 241 g/mol. The van der Waals surface area contributed by atoms with E-state index in [0.717, 1.165) is 0 Å². The second kappa shape index (κ2) is 5.35. The molecule has 96 valence electrons. The lowest BCUT2D eigenvalue weighted by Crippen LogP contribution is -2.41. The van der Waals surface area contributed by atoms with Gasteiger partial charge in [-0.25, -0.2) is 0 Å². The molecule has 0 bridgehead atoms. The van der Waals surface area contributed by atoms with Crippen LogP contribution in [0, 0.1) is 0 Å². The molecule has 0 saturated carbocycles. The molecule has 0 fully saturated rings. The van der Waals surface area contributed by atoms with Crippen LogP contribution in [-0.4, -0.2) is 39.2 Å². The molecule has 0 aliphatic rings. The van der Waals surface area contributed by atoms with Gasteiger partial charge in [-0.1, -0.05) is 0 Å². The topological polar surface area (TPSA) is 93.0 Å². The van der Waals surface area contributed by atoms with Gasteiger partial charge in [-0.2, -0.15) is 0 Å². The molecular formula is C12H19NO4. The van der Waals surface area contributed by atoms with Crippen LogP contribution in [0.15, 0.2) is 18.2 Å². The van der Waals surface area contributed by atoms with Gasteiger partial charge >= 0.3 is 0 Å². The molecule has 2 unspecified atom stereocenters. The Kier molecular flexibility index (Phi) is 4.34. The molecule has 1 rings (SSSR count). The van der Waals surface area contributed by atoms with Crippen LogP contribution in [0.2, 0.25) is 0 Å². The van der Waals surface area contributed by atoms with Gasteiger partial charge in [-0.05, 0) is 31.5 Å². The van der Waals surface area contributed by atoms with Crippen LogP contribution < -0.4 is 5.32 Å². The molecule has 0 saturated heterocycles. The summed E-state index contributed by atoms with van der Waals surface area (Å²) in [4.78, 5) is 0. The van der Waals surface area contributed by atoms with Gasteiger partial charge in [0.2, 0.25) is 0 Å². The van der Waals surface area contributed by atoms with Crippen LogP contribution >= 0.6 is 0 Å². The Morgan fingerprint density at radius 1 is 1.24 bits per heavy atom. The van der Waals surface area contributed by atoms with Gasteiger partial charge in [0.15, 0.2) is 0 Å². The van der Waals surface area contributed by atoms with E-state index in [2.05, 4.69) is 5.32 Å². The number of nitrogens with one attached hydrogen (secondary N) is 1. The predicted molar refractivity (Wildman–Crippen MR) is 63.9 cm³/mol. The first-order valence-corrected chi connectivity index (χ1v) is 5.43. The van der Waals surface area contributed by atoms with Crippen molar-refractivity contribution in [3.63, 3.8) is 0 Å². The Balaban J connectivity index is 2.67. The van der Waals surface area contributed by atoms with Gasteiger partial charge in [-0.3, -0.25) is 0 Å². The number of phenols is 2. The highest BCUT2D eigenvalue weighted by Gasteiger charge is 2.20. The Labute approximate surface area is 100 Å². The van der Waals surface area contributed by atoms with E-state index < -0.39 is 5.60 Å². The number of aliphatic hydroxyl groups excluding tert-OH is 1. The second-order valence-electron chi connectivity index (χ2n) is 4.54. The van der Waals surface area contributed by atoms with E-state index >= 15 is 0 Å². The molecule has 0 aliphatic heterocycles. The summed E-state index contributed by atoms with van der Waals surface area (Å²) in [6.45, 7) is 3.23. The van der Waals surface area contributed by atoms with Gasteiger partial charge < -0.3 is 25.7 Å². The summed E-state index contributed by atoms with van der Waals surface area (Å²) in [5, 5.41) is 40.2. The van der Waals surface area contributed by atoms with E-state index in [1.807, 2.05) is 6.92 Å². The normalized spacial score (nSPS) is 16.5. The van der Waals surface area contributed by atoms with E-state index in [9.17, 15) is 15.3 Å². The molecule has 0 aliphatic carbocycles. The second-order valence-corrected chi connectivity index (χ2v) is 4.54. The standard InChI is InChI=1S/C12H19NO4/c1-8(13-6-12(2,17)7-14)9-3-10(15)5-11(16)4-9/h3-5,8,13-17H,6-7H2,1-2H3. The predicted octanol–water partition coefficient (Wildman–Crippen LogP) is 0.492. The fraction of sp³-hybridized carbons (Fsp3) is 0.500. The quantitative estimate of drug-likeness (QED) is 0.517. The number of rotatable bonds is 5. The molecule has 5 heteroatoms. The maximum Gasteiger partial charge on any atom is 0.119 e. The third-order valence-electron chi connectivity index (χ3n) is 2.55. The average Bonchev–Trinajstić information content (AvgIpc) is 2.24. The van der Waals surface area contributed by atoms with E-state index in [-0.39, 0.29) is 30.7 Å². The zero-order valence-corrected chi connectivity index (χ0v) is 10.0. The number of hydrogen-bond donors (Lipinski definition) is 5. The molecule has 0 aromatic heterocycles. The molecule has 2 atom stereocenters. The zero-order chi connectivity index (χ0) is 13.1. The Morgan fingerprint density at radius 2 is 1.76 bits per heavy atom. The minimum absolute atomic E-state index is 0.0115. The van der Waals surface area contributed by atoms with Crippen molar-refractivity contribution in [1.29, 1.82) is 0 Å². The lowest BCUT2D eigenvalue weighted by molar-refractivity contribution is 0.00106. The van der Waals surface area contributed by atoms with E-state index in [1.165, 1.54) is 25.1 Å². The molecule has 17 heavy (non-hydrogen) atoms. The number of phenolic OH excluding ortho intramolecular Hbond substituents is 2. The maximum atomic E-state index is 9.62. The summed E-state index contributed by atoms with van der Waals surface area (Å²) in [7, 11) is 0. The first kappa shape index (κ1) is 13.8. The highest BCUT2D eigenvalue weighted by atomic mass is 16.3. The molecule has 5 N–H and O–H groups in total. The summed E-state index contributed by atoms with van der Waals surface area (Å²) >= 11 is 0. The Morgan fingerprint density at radius 3 is 2.24 bits per heavy atom. The van der Waals surface area contributed by atoms with Gasteiger partial charge in [0, 0.05) is 18.7 Å². The van der Waals surface area contributed by atoms with Crippen LogP contribution in [-0.2, 0) is 0 Å². The number of hydrogen-bond acceptors (Lipinski definition) is 5. The fourth-order valence-corrected chi connectivity index (χ4v) is 1.41. The smallest absolute Gasteiger partial charge is 0.119 e. The van der Waals surface area contributed by atoms with Gasteiger partial charge in [0.25, 0.3) is 0 Å². The van der Waals surface area contributed by atoms with Crippen molar-refractivity contribution >= 4 is 0 Å². The van der Waals surface area contributed by atoms with Crippen LogP contribution in [0.5, 0.6) is 11.5 Å². The molecule has 1 aromatic carbocycles. The largest absolute Gasteiger partial charge is 0.508 e. The SMILES string of the molecule is CC(NCC(C)(O)CO)c1cc(O)cc(O)c1. The lowest BCUT2D eigenvalue weighted by atomic mass is 10.0. The van der Waals surface area contributed by atoms with Gasteiger partial charge in [-0.15, -0.1) is 0 Å². The first-order chi connectivity index (χ1) is 7.84. The van der Waals surface area contributed by atoms with Crippen LogP contribution in [0.1, 0.15) is 25.5 Å². The Bertz CT molecular complexity index is 359. The summed E-state index contributed by atoms with van der Waals surface area (Å²) in [5.41, 5.74) is -0.483. The van der Waals surface area contributed by atoms with Crippen molar-refractivity contribution < 1.29 is 20.4 Å². The summed E-state index contributed by atoms with van der Waals surface area (Å²) in [6.07, 6.45) is 0. The molecule has 0 heterocycles. The fourth-order valence-electron chi connectivity index (χ4n) is 1.41. The van der Waals surface area contributed by atoms with E-state index in [1.54, 1.807) is 0 Å². The zero-order valence-electron chi connectivity index (χ0n) is 10.0.